The molecule has 0 aromatic carbocycles. The second kappa shape index (κ2) is 8.16. The van der Waals surface area contributed by atoms with Gasteiger partial charge in [0.25, 0.3) is 0 Å². The van der Waals surface area contributed by atoms with Gasteiger partial charge in [-0.2, -0.15) is 0 Å². The van der Waals surface area contributed by atoms with Crippen LogP contribution in [-0.4, -0.2) is 47.3 Å². The molecule has 7 nitrogen and oxygen atoms in total. The number of nitrogens with one attached hydrogen (secondary N) is 2. The van der Waals surface area contributed by atoms with E-state index in [1.54, 1.807) is 0 Å². The number of hydrogen-bond acceptors (Lipinski definition) is 7. The quantitative estimate of drug-likeness (QED) is 0.648. The summed E-state index contributed by atoms with van der Waals surface area (Å²) in [6, 6.07) is 4.97. The predicted octanol–water partition coefficient (Wildman–Crippen LogP) is 4.10. The highest BCUT2D eigenvalue weighted by Gasteiger charge is 2.22. The third-order valence-corrected chi connectivity index (χ3v) is 5.58. The van der Waals surface area contributed by atoms with Crippen LogP contribution in [0.5, 0.6) is 0 Å². The molecule has 1 fully saturated rings. The van der Waals surface area contributed by atoms with Gasteiger partial charge >= 0.3 is 0 Å². The van der Waals surface area contributed by atoms with Gasteiger partial charge in [0.05, 0.1) is 23.5 Å². The molecule has 0 saturated carbocycles. The van der Waals surface area contributed by atoms with E-state index in [2.05, 4.69) is 53.7 Å². The number of anilines is 1. The van der Waals surface area contributed by atoms with Crippen LogP contribution in [0.15, 0.2) is 21.1 Å². The molecule has 0 radical (unpaired) electrons. The molecule has 1 aliphatic rings. The summed E-state index contributed by atoms with van der Waals surface area (Å²) >= 11 is 0. The first-order valence-corrected chi connectivity index (χ1v) is 10.5. The van der Waals surface area contributed by atoms with Gasteiger partial charge in [0.15, 0.2) is 11.4 Å². The Morgan fingerprint density at radius 2 is 1.97 bits per heavy atom. The van der Waals surface area contributed by atoms with Crippen molar-refractivity contribution in [3.8, 4) is 11.3 Å². The minimum atomic E-state index is 0.393. The van der Waals surface area contributed by atoms with E-state index in [-0.39, 0.29) is 0 Å². The maximum Gasteiger partial charge on any atom is 0.176 e. The lowest BCUT2D eigenvalue weighted by Crippen LogP contribution is -2.36. The van der Waals surface area contributed by atoms with Crippen LogP contribution in [0.4, 0.5) is 5.82 Å². The minimum absolute atomic E-state index is 0.393. The Balaban J connectivity index is 1.73. The van der Waals surface area contributed by atoms with Crippen molar-refractivity contribution in [1.82, 2.24) is 20.4 Å². The van der Waals surface area contributed by atoms with E-state index >= 15 is 0 Å². The third-order valence-electron chi connectivity index (χ3n) is 5.58. The lowest BCUT2D eigenvalue weighted by Gasteiger charge is -2.29. The van der Waals surface area contributed by atoms with Crippen molar-refractivity contribution >= 4 is 16.8 Å². The highest BCUT2D eigenvalue weighted by Crippen LogP contribution is 2.34. The van der Waals surface area contributed by atoms with Crippen molar-refractivity contribution in [2.24, 2.45) is 0 Å². The molecule has 7 heteroatoms. The van der Waals surface area contributed by atoms with Gasteiger partial charge in [-0.3, -0.25) is 0 Å². The number of aryl methyl sites for hydroxylation is 2. The van der Waals surface area contributed by atoms with Gasteiger partial charge in [0.2, 0.25) is 0 Å². The number of pyridine rings is 1. The summed E-state index contributed by atoms with van der Waals surface area (Å²) in [6.45, 7) is 11.0. The molecule has 0 atom stereocenters. The van der Waals surface area contributed by atoms with Crippen molar-refractivity contribution in [2.45, 2.75) is 59.2 Å². The second-order valence-corrected chi connectivity index (χ2v) is 8.44. The number of nitrogens with zero attached hydrogens (tertiary/aromatic N) is 3. The highest BCUT2D eigenvalue weighted by atomic mass is 16.5. The summed E-state index contributed by atoms with van der Waals surface area (Å²) < 4.78 is 11.6. The Bertz CT molecular complexity index is 963. The van der Waals surface area contributed by atoms with E-state index in [9.17, 15) is 0 Å². The topological polar surface area (TPSA) is 79.4 Å². The van der Waals surface area contributed by atoms with E-state index in [1.807, 2.05) is 13.8 Å². The first-order valence-electron chi connectivity index (χ1n) is 10.5. The molecule has 4 rings (SSSR count). The van der Waals surface area contributed by atoms with Crippen molar-refractivity contribution in [3.05, 3.63) is 29.3 Å². The van der Waals surface area contributed by atoms with Crippen LogP contribution in [0.3, 0.4) is 0 Å². The molecular formula is C22H31N5O2. The molecule has 0 bridgehead atoms. The van der Waals surface area contributed by atoms with E-state index in [1.165, 1.54) is 0 Å². The van der Waals surface area contributed by atoms with Crippen LogP contribution in [0.25, 0.3) is 22.2 Å². The van der Waals surface area contributed by atoms with Crippen LogP contribution >= 0.6 is 0 Å². The largest absolute Gasteiger partial charge is 0.456 e. The number of hydrogen-bond donors (Lipinski definition) is 2. The Kier molecular flexibility index (Phi) is 5.61. The molecule has 29 heavy (non-hydrogen) atoms. The Morgan fingerprint density at radius 1 is 1.21 bits per heavy atom. The summed E-state index contributed by atoms with van der Waals surface area (Å²) in [5.41, 5.74) is 3.50. The Hall–Kier alpha value is -2.38. The van der Waals surface area contributed by atoms with Crippen LogP contribution in [-0.2, 0) is 6.54 Å². The molecule has 0 aliphatic carbocycles. The molecule has 156 valence electrons. The Morgan fingerprint density at radius 3 is 2.62 bits per heavy atom. The average molecular weight is 398 g/mol. The lowest BCUT2D eigenvalue weighted by molar-refractivity contribution is 0.263. The summed E-state index contributed by atoms with van der Waals surface area (Å²) in [5, 5.41) is 12.2. The fourth-order valence-corrected chi connectivity index (χ4v) is 3.91. The number of furan rings is 1. The molecule has 3 aromatic heterocycles. The van der Waals surface area contributed by atoms with Gasteiger partial charge in [-0.25, -0.2) is 4.98 Å². The average Bonchev–Trinajstić information content (AvgIpc) is 3.24. The third kappa shape index (κ3) is 4.31. The first kappa shape index (κ1) is 19.9. The molecule has 1 aliphatic heterocycles. The van der Waals surface area contributed by atoms with E-state index < -0.39 is 0 Å². The maximum absolute atomic E-state index is 6.21. The zero-order valence-corrected chi connectivity index (χ0v) is 18.0. The summed E-state index contributed by atoms with van der Waals surface area (Å²) in [5.74, 6) is 2.51. The molecule has 2 N–H and O–H groups in total. The molecule has 4 heterocycles. The number of rotatable bonds is 6. The van der Waals surface area contributed by atoms with Gasteiger partial charge in [-0.15, -0.1) is 0 Å². The van der Waals surface area contributed by atoms with Crippen LogP contribution < -0.4 is 10.6 Å². The van der Waals surface area contributed by atoms with Gasteiger partial charge in [0.1, 0.15) is 11.5 Å². The van der Waals surface area contributed by atoms with Gasteiger partial charge in [-0.05, 0) is 59.0 Å². The molecule has 0 unspecified atom stereocenters. The zero-order valence-electron chi connectivity index (χ0n) is 18.0. The second-order valence-electron chi connectivity index (χ2n) is 8.44. The van der Waals surface area contributed by atoms with Crippen LogP contribution in [0.2, 0.25) is 0 Å². The van der Waals surface area contributed by atoms with Crippen LogP contribution in [0.1, 0.15) is 43.9 Å². The number of likely N-dealkylation sites (tertiary alicyclic amines) is 1. The van der Waals surface area contributed by atoms with Crippen molar-refractivity contribution in [1.29, 1.82) is 0 Å². The zero-order chi connectivity index (χ0) is 20.5. The molecular weight excluding hydrogens is 366 g/mol. The fraction of sp³-hybridized carbons (Fsp3) is 0.545. The van der Waals surface area contributed by atoms with Gasteiger partial charge in [-0.1, -0.05) is 19.0 Å². The maximum atomic E-state index is 6.21. The SMILES string of the molecule is Cc1noc(C)c1-c1cc2cc(CNC(C)C)oc2c(NC2CCN(C)CC2)n1. The monoisotopic (exact) mass is 397 g/mol. The van der Waals surface area contributed by atoms with Gasteiger partial charge < -0.3 is 24.5 Å². The minimum Gasteiger partial charge on any atom is -0.456 e. The Labute approximate surface area is 171 Å². The molecule has 3 aromatic rings. The summed E-state index contributed by atoms with van der Waals surface area (Å²) in [6.07, 6.45) is 2.19. The van der Waals surface area contributed by atoms with Crippen molar-refractivity contribution < 1.29 is 8.94 Å². The number of aromatic nitrogens is 2. The summed E-state index contributed by atoms with van der Waals surface area (Å²) in [4.78, 5) is 7.31. The van der Waals surface area contributed by atoms with E-state index in [0.717, 1.165) is 71.2 Å². The normalized spacial score (nSPS) is 16.2. The van der Waals surface area contributed by atoms with Crippen LogP contribution in [0, 0.1) is 13.8 Å². The van der Waals surface area contributed by atoms with Crippen molar-refractivity contribution in [2.75, 3.05) is 25.5 Å². The van der Waals surface area contributed by atoms with E-state index in [4.69, 9.17) is 13.9 Å². The number of fused-ring (bicyclic) bond motifs is 1. The first-order chi connectivity index (χ1) is 13.9. The van der Waals surface area contributed by atoms with Gasteiger partial charge in [0, 0.05) is 17.5 Å². The lowest BCUT2D eigenvalue weighted by atomic mass is 10.1. The highest BCUT2D eigenvalue weighted by molar-refractivity contribution is 5.91. The molecule has 0 amide bonds. The molecule has 1 saturated heterocycles. The predicted molar refractivity (Wildman–Crippen MR) is 115 cm³/mol. The smallest absolute Gasteiger partial charge is 0.176 e. The standard InChI is InChI=1S/C22H31N5O2/c1-13(2)23-12-18-10-16-11-19(20-14(3)26-29-15(20)4)25-22(21(16)28-18)24-17-6-8-27(5)9-7-17/h10-11,13,17,23H,6-9,12H2,1-5H3,(H,24,25). The van der Waals surface area contributed by atoms with E-state index in [0.29, 0.717) is 18.6 Å². The fourth-order valence-electron chi connectivity index (χ4n) is 3.91. The summed E-state index contributed by atoms with van der Waals surface area (Å²) in [7, 11) is 2.17. The number of piperidine rings is 1. The molecule has 0 spiro atoms. The van der Waals surface area contributed by atoms with Crippen molar-refractivity contribution in [3.63, 3.8) is 0 Å².